The van der Waals surface area contributed by atoms with Gasteiger partial charge in [-0.15, -0.1) is 11.8 Å². The smallest absolute Gasteiger partial charge is 0.274 e. The molecule has 0 spiro atoms. The van der Waals surface area contributed by atoms with Gasteiger partial charge < -0.3 is 29.7 Å². The molecule has 0 radical (unpaired) electrons. The summed E-state index contributed by atoms with van der Waals surface area (Å²) in [6, 6.07) is 3.40. The number of nitrogens with one attached hydrogen (secondary N) is 1. The first-order valence-electron chi connectivity index (χ1n) is 8.68. The van der Waals surface area contributed by atoms with Crippen molar-refractivity contribution in [2.24, 2.45) is 0 Å². The maximum Gasteiger partial charge on any atom is 0.274 e. The molecule has 0 atom stereocenters. The number of thioether (sulfide) groups is 1. The van der Waals surface area contributed by atoms with Crippen LogP contribution in [0.3, 0.4) is 0 Å². The number of rotatable bonds is 7. The van der Waals surface area contributed by atoms with E-state index in [9.17, 15) is 15.0 Å². The molecule has 1 aliphatic rings. The van der Waals surface area contributed by atoms with Crippen molar-refractivity contribution in [3.8, 4) is 28.9 Å². The summed E-state index contributed by atoms with van der Waals surface area (Å²) < 4.78 is 15.9. The Labute approximate surface area is 171 Å². The topological polar surface area (TPSA) is 123 Å². The van der Waals surface area contributed by atoms with Crippen LogP contribution in [0.2, 0.25) is 0 Å². The molecule has 154 valence electrons. The van der Waals surface area contributed by atoms with Crippen molar-refractivity contribution >= 4 is 22.6 Å². The Hall–Kier alpha value is -3.14. The molecule has 0 saturated carbocycles. The van der Waals surface area contributed by atoms with Gasteiger partial charge in [-0.25, -0.2) is 4.98 Å². The van der Waals surface area contributed by atoms with Crippen molar-refractivity contribution in [2.75, 3.05) is 27.1 Å². The molecule has 1 aromatic carbocycles. The molecule has 2 heterocycles. The van der Waals surface area contributed by atoms with Gasteiger partial charge in [-0.05, 0) is 24.1 Å². The highest BCUT2D eigenvalue weighted by molar-refractivity contribution is 8.08. The average molecular weight is 419 g/mol. The van der Waals surface area contributed by atoms with E-state index in [1.807, 2.05) is 6.08 Å². The van der Waals surface area contributed by atoms with Crippen molar-refractivity contribution in [3.05, 3.63) is 35.3 Å². The van der Waals surface area contributed by atoms with Crippen molar-refractivity contribution in [1.82, 2.24) is 15.3 Å². The molecule has 2 aromatic rings. The van der Waals surface area contributed by atoms with E-state index in [2.05, 4.69) is 15.3 Å². The first kappa shape index (κ1) is 20.6. The van der Waals surface area contributed by atoms with E-state index in [1.54, 1.807) is 12.1 Å². The van der Waals surface area contributed by atoms with Crippen LogP contribution < -0.4 is 19.5 Å². The van der Waals surface area contributed by atoms with E-state index in [0.29, 0.717) is 22.8 Å². The highest BCUT2D eigenvalue weighted by atomic mass is 32.2. The minimum atomic E-state index is -0.667. The fraction of sp³-hybridized carbons (Fsp3) is 0.316. The number of methoxy groups -OCH3 is 3. The summed E-state index contributed by atoms with van der Waals surface area (Å²) in [7, 11) is 4.50. The Morgan fingerprint density at radius 1 is 1.14 bits per heavy atom. The van der Waals surface area contributed by atoms with E-state index in [4.69, 9.17) is 14.2 Å². The number of carbonyl (C=O) groups is 1. The normalized spacial score (nSPS) is 13.0. The second-order valence-electron chi connectivity index (χ2n) is 5.99. The van der Waals surface area contributed by atoms with Crippen LogP contribution in [0.25, 0.3) is 4.91 Å². The van der Waals surface area contributed by atoms with Gasteiger partial charge in [0.1, 0.15) is 0 Å². The lowest BCUT2D eigenvalue weighted by Gasteiger charge is -2.14. The van der Waals surface area contributed by atoms with Crippen LogP contribution in [-0.4, -0.2) is 53.2 Å². The highest BCUT2D eigenvalue weighted by Crippen LogP contribution is 2.38. The monoisotopic (exact) mass is 419 g/mol. The third-order valence-electron chi connectivity index (χ3n) is 4.18. The number of ether oxygens (including phenoxy) is 3. The summed E-state index contributed by atoms with van der Waals surface area (Å²) in [4.78, 5) is 21.4. The maximum atomic E-state index is 12.6. The Kier molecular flexibility index (Phi) is 6.32. The summed E-state index contributed by atoms with van der Waals surface area (Å²) in [6.07, 6.45) is 2.78. The van der Waals surface area contributed by atoms with Gasteiger partial charge in [0.05, 0.1) is 21.3 Å². The number of aromatic hydroxyl groups is 2. The van der Waals surface area contributed by atoms with Crippen LogP contribution in [0.5, 0.6) is 28.9 Å². The van der Waals surface area contributed by atoms with Gasteiger partial charge in [-0.3, -0.25) is 4.79 Å². The summed E-state index contributed by atoms with van der Waals surface area (Å²) in [5, 5.41) is 22.6. The van der Waals surface area contributed by atoms with Gasteiger partial charge >= 0.3 is 0 Å². The molecule has 1 amide bonds. The molecular weight excluding hydrogens is 398 g/mol. The first-order valence-corrected chi connectivity index (χ1v) is 9.67. The largest absolute Gasteiger partial charge is 0.501 e. The number of allylic oxidation sites excluding steroid dienone is 1. The predicted octanol–water partition coefficient (Wildman–Crippen LogP) is 2.32. The molecule has 3 rings (SSSR count). The van der Waals surface area contributed by atoms with Crippen LogP contribution in [0.1, 0.15) is 28.3 Å². The minimum absolute atomic E-state index is 0.104. The Bertz CT molecular complexity index is 938. The SMILES string of the molecule is COc1cc(CNC(=O)c2nc(C3=CCCS3)nc(O)c2O)cc(OC)c1OC. The van der Waals surface area contributed by atoms with E-state index >= 15 is 0 Å². The van der Waals surface area contributed by atoms with Gasteiger partial charge in [0.2, 0.25) is 11.5 Å². The van der Waals surface area contributed by atoms with Crippen molar-refractivity contribution < 1.29 is 29.2 Å². The van der Waals surface area contributed by atoms with Crippen LogP contribution in [0.15, 0.2) is 18.2 Å². The standard InChI is InChI=1S/C19H21N3O6S/c1-26-11-7-10(8-12(27-2)16(11)28-3)9-20-18(24)14-15(23)19(25)22-17(21-14)13-5-4-6-29-13/h5,7-8,23H,4,6,9H2,1-3H3,(H,20,24)(H,21,22,25). The van der Waals surface area contributed by atoms with E-state index in [0.717, 1.165) is 17.1 Å². The number of benzene rings is 1. The second-order valence-corrected chi connectivity index (χ2v) is 7.13. The quantitative estimate of drug-likeness (QED) is 0.620. The fourth-order valence-electron chi connectivity index (χ4n) is 2.79. The van der Waals surface area contributed by atoms with Crippen LogP contribution in [-0.2, 0) is 6.54 Å². The van der Waals surface area contributed by atoms with Crippen molar-refractivity contribution in [1.29, 1.82) is 0 Å². The van der Waals surface area contributed by atoms with Crippen LogP contribution in [0, 0.1) is 0 Å². The molecule has 29 heavy (non-hydrogen) atoms. The Morgan fingerprint density at radius 2 is 1.83 bits per heavy atom. The number of hydrogen-bond donors (Lipinski definition) is 3. The maximum absolute atomic E-state index is 12.6. The predicted molar refractivity (Wildman–Crippen MR) is 108 cm³/mol. The molecular formula is C19H21N3O6S. The molecule has 0 aliphatic carbocycles. The summed E-state index contributed by atoms with van der Waals surface area (Å²) in [5.74, 6) is 0.469. The van der Waals surface area contributed by atoms with Crippen molar-refractivity contribution in [3.63, 3.8) is 0 Å². The summed E-state index contributed by atoms with van der Waals surface area (Å²) in [5.41, 5.74) is 0.383. The molecule has 0 fully saturated rings. The number of nitrogens with zero attached hydrogens (tertiary/aromatic N) is 2. The van der Waals surface area contributed by atoms with Crippen molar-refractivity contribution in [2.45, 2.75) is 13.0 Å². The molecule has 0 bridgehead atoms. The molecule has 9 nitrogen and oxygen atoms in total. The van der Waals surface area contributed by atoms with Gasteiger partial charge in [-0.2, -0.15) is 4.98 Å². The zero-order valence-electron chi connectivity index (χ0n) is 16.2. The Morgan fingerprint density at radius 3 is 2.38 bits per heavy atom. The van der Waals surface area contributed by atoms with E-state index < -0.39 is 17.5 Å². The zero-order chi connectivity index (χ0) is 21.0. The van der Waals surface area contributed by atoms with Crippen LogP contribution >= 0.6 is 11.8 Å². The summed E-state index contributed by atoms with van der Waals surface area (Å²) in [6.45, 7) is 0.104. The highest BCUT2D eigenvalue weighted by Gasteiger charge is 2.22. The molecule has 0 unspecified atom stereocenters. The lowest BCUT2D eigenvalue weighted by Crippen LogP contribution is -2.24. The molecule has 1 aromatic heterocycles. The van der Waals surface area contributed by atoms with Gasteiger partial charge in [0.25, 0.3) is 11.8 Å². The Balaban J connectivity index is 1.82. The average Bonchev–Trinajstić information content (AvgIpc) is 3.27. The van der Waals surface area contributed by atoms with E-state index in [1.165, 1.54) is 33.1 Å². The second kappa shape index (κ2) is 8.91. The molecule has 3 N–H and O–H groups in total. The molecule has 1 aliphatic heterocycles. The fourth-order valence-corrected chi connectivity index (χ4v) is 3.70. The lowest BCUT2D eigenvalue weighted by molar-refractivity contribution is 0.0941. The number of aromatic nitrogens is 2. The summed E-state index contributed by atoms with van der Waals surface area (Å²) >= 11 is 1.52. The van der Waals surface area contributed by atoms with Gasteiger partial charge in [0, 0.05) is 17.2 Å². The third kappa shape index (κ3) is 4.32. The number of carbonyl (C=O) groups excluding carboxylic acids is 1. The van der Waals surface area contributed by atoms with Gasteiger partial charge in [0.15, 0.2) is 23.0 Å². The van der Waals surface area contributed by atoms with Gasteiger partial charge in [-0.1, -0.05) is 6.08 Å². The molecule has 10 heteroatoms. The number of amides is 1. The van der Waals surface area contributed by atoms with E-state index in [-0.39, 0.29) is 18.1 Å². The number of hydrogen-bond acceptors (Lipinski definition) is 9. The first-order chi connectivity index (χ1) is 14.0. The molecule has 0 saturated heterocycles. The van der Waals surface area contributed by atoms with Crippen LogP contribution in [0.4, 0.5) is 0 Å². The lowest BCUT2D eigenvalue weighted by atomic mass is 10.1. The zero-order valence-corrected chi connectivity index (χ0v) is 17.0. The minimum Gasteiger partial charge on any atom is -0.501 e. The third-order valence-corrected chi connectivity index (χ3v) is 5.28.